The highest BCUT2D eigenvalue weighted by Crippen LogP contribution is 2.39. The van der Waals surface area contributed by atoms with E-state index in [1.807, 2.05) is 25.1 Å². The topological polar surface area (TPSA) is 9.23 Å². The Hall–Kier alpha value is -0.473. The van der Waals surface area contributed by atoms with Crippen LogP contribution in [0.2, 0.25) is 23.2 Å². The molecule has 90 valence electrons. The Morgan fingerprint density at radius 3 is 2.19 bits per heavy atom. The third kappa shape index (κ3) is 3.02. The zero-order valence-corrected chi connectivity index (χ0v) is 12.8. The quantitative estimate of drug-likeness (QED) is 0.674. The molecular weight excluding hydrogens is 236 g/mol. The van der Waals surface area contributed by atoms with Crippen molar-refractivity contribution >= 4 is 19.9 Å². The van der Waals surface area contributed by atoms with E-state index in [0.29, 0.717) is 5.02 Å². The average Bonchev–Trinajstić information content (AvgIpc) is 2.08. The fourth-order valence-electron chi connectivity index (χ4n) is 1.12. The standard InChI is InChI=1S/C13H21ClOSi/c1-10-7-8-12(11(14)9-10)15-16(5,6)13(2,3)4/h7-9H,1-6H3. The van der Waals surface area contributed by atoms with Gasteiger partial charge in [-0.25, -0.2) is 0 Å². The SMILES string of the molecule is Cc1ccc(O[Si](C)(C)C(C)(C)C)c(Cl)c1. The van der Waals surface area contributed by atoms with Crippen molar-refractivity contribution in [3.8, 4) is 5.75 Å². The molecule has 1 nitrogen and oxygen atoms in total. The summed E-state index contributed by atoms with van der Waals surface area (Å²) in [4.78, 5) is 0. The smallest absolute Gasteiger partial charge is 0.250 e. The Morgan fingerprint density at radius 1 is 1.19 bits per heavy atom. The van der Waals surface area contributed by atoms with Gasteiger partial charge in [0.15, 0.2) is 0 Å². The molecule has 0 aromatic heterocycles. The van der Waals surface area contributed by atoms with E-state index >= 15 is 0 Å². The fourth-order valence-corrected chi connectivity index (χ4v) is 2.49. The third-order valence-electron chi connectivity index (χ3n) is 3.26. The number of hydrogen-bond donors (Lipinski definition) is 0. The van der Waals surface area contributed by atoms with E-state index in [4.69, 9.17) is 16.0 Å². The molecule has 0 spiro atoms. The molecule has 0 bridgehead atoms. The van der Waals surface area contributed by atoms with Gasteiger partial charge in [0.05, 0.1) is 5.02 Å². The van der Waals surface area contributed by atoms with Gasteiger partial charge in [0.1, 0.15) is 5.75 Å². The van der Waals surface area contributed by atoms with Gasteiger partial charge in [-0.1, -0.05) is 38.4 Å². The van der Waals surface area contributed by atoms with Gasteiger partial charge >= 0.3 is 0 Å². The Labute approximate surface area is 105 Å². The van der Waals surface area contributed by atoms with Gasteiger partial charge in [-0.15, -0.1) is 0 Å². The molecule has 3 heteroatoms. The van der Waals surface area contributed by atoms with Crippen molar-refractivity contribution in [3.05, 3.63) is 28.8 Å². The van der Waals surface area contributed by atoms with Crippen LogP contribution in [0.1, 0.15) is 26.3 Å². The Kier molecular flexibility index (Phi) is 3.75. The van der Waals surface area contributed by atoms with Crippen molar-refractivity contribution < 1.29 is 4.43 Å². The molecule has 16 heavy (non-hydrogen) atoms. The first-order valence-electron chi connectivity index (χ1n) is 5.59. The van der Waals surface area contributed by atoms with E-state index in [1.165, 1.54) is 0 Å². The van der Waals surface area contributed by atoms with E-state index in [2.05, 4.69) is 33.9 Å². The second-order valence-electron chi connectivity index (χ2n) is 5.80. The molecule has 0 unspecified atom stereocenters. The van der Waals surface area contributed by atoms with Crippen LogP contribution in [-0.4, -0.2) is 8.32 Å². The fraction of sp³-hybridized carbons (Fsp3) is 0.538. The highest BCUT2D eigenvalue weighted by molar-refractivity contribution is 6.74. The summed E-state index contributed by atoms with van der Waals surface area (Å²) in [5, 5.41) is 0.908. The van der Waals surface area contributed by atoms with Crippen LogP contribution >= 0.6 is 11.6 Å². The Morgan fingerprint density at radius 2 is 1.75 bits per heavy atom. The first kappa shape index (κ1) is 13.6. The number of hydrogen-bond acceptors (Lipinski definition) is 1. The second kappa shape index (κ2) is 4.42. The maximum absolute atomic E-state index is 6.18. The van der Waals surface area contributed by atoms with E-state index in [9.17, 15) is 0 Å². The molecule has 0 heterocycles. The maximum Gasteiger partial charge on any atom is 0.250 e. The zero-order chi connectivity index (χ0) is 12.6. The van der Waals surface area contributed by atoms with Crippen molar-refractivity contribution in [2.75, 3.05) is 0 Å². The first-order chi connectivity index (χ1) is 7.13. The minimum atomic E-state index is -1.78. The summed E-state index contributed by atoms with van der Waals surface area (Å²) < 4.78 is 6.16. The van der Waals surface area contributed by atoms with Crippen LogP contribution < -0.4 is 4.43 Å². The number of rotatable bonds is 2. The molecule has 0 aliphatic rings. The molecule has 0 saturated heterocycles. The lowest BCUT2D eigenvalue weighted by Crippen LogP contribution is -2.43. The monoisotopic (exact) mass is 256 g/mol. The lowest BCUT2D eigenvalue weighted by molar-refractivity contribution is 0.492. The molecule has 0 aliphatic carbocycles. The second-order valence-corrected chi connectivity index (χ2v) is 10.9. The van der Waals surface area contributed by atoms with Crippen molar-refractivity contribution in [1.29, 1.82) is 0 Å². The molecule has 1 aromatic carbocycles. The molecular formula is C13H21ClOSi. The summed E-state index contributed by atoms with van der Waals surface area (Å²) in [7, 11) is -1.78. The third-order valence-corrected chi connectivity index (χ3v) is 7.90. The summed E-state index contributed by atoms with van der Waals surface area (Å²) in [5.74, 6) is 0.818. The highest BCUT2D eigenvalue weighted by atomic mass is 35.5. The summed E-state index contributed by atoms with van der Waals surface area (Å²) in [5.41, 5.74) is 1.16. The van der Waals surface area contributed by atoms with Gasteiger partial charge < -0.3 is 4.43 Å². The predicted molar refractivity (Wildman–Crippen MR) is 74.0 cm³/mol. The molecule has 0 amide bonds. The average molecular weight is 257 g/mol. The molecule has 1 rings (SSSR count). The van der Waals surface area contributed by atoms with E-state index < -0.39 is 8.32 Å². The molecule has 0 saturated carbocycles. The summed E-state index contributed by atoms with van der Waals surface area (Å²) in [6.45, 7) is 13.2. The van der Waals surface area contributed by atoms with Crippen molar-refractivity contribution in [1.82, 2.24) is 0 Å². The molecule has 0 radical (unpaired) electrons. The zero-order valence-electron chi connectivity index (χ0n) is 11.0. The Bertz CT molecular complexity index is 380. The van der Waals surface area contributed by atoms with Crippen LogP contribution in [0.15, 0.2) is 18.2 Å². The maximum atomic E-state index is 6.18. The van der Waals surface area contributed by atoms with Crippen molar-refractivity contribution in [2.24, 2.45) is 0 Å². The molecule has 0 aliphatic heterocycles. The summed E-state index contributed by atoms with van der Waals surface area (Å²) in [6.07, 6.45) is 0. The van der Waals surface area contributed by atoms with E-state index in [0.717, 1.165) is 11.3 Å². The van der Waals surface area contributed by atoms with Gasteiger partial charge in [-0.3, -0.25) is 0 Å². The van der Waals surface area contributed by atoms with Gasteiger partial charge in [-0.05, 0) is 42.8 Å². The Balaban J connectivity index is 2.97. The van der Waals surface area contributed by atoms with E-state index in [1.54, 1.807) is 0 Å². The lowest BCUT2D eigenvalue weighted by Gasteiger charge is -2.36. The lowest BCUT2D eigenvalue weighted by atomic mass is 10.2. The minimum absolute atomic E-state index is 0.196. The molecule has 0 N–H and O–H groups in total. The van der Waals surface area contributed by atoms with Crippen LogP contribution in [-0.2, 0) is 0 Å². The highest BCUT2D eigenvalue weighted by Gasteiger charge is 2.39. The number of halogens is 1. The molecule has 0 atom stereocenters. The van der Waals surface area contributed by atoms with Gasteiger partial charge in [0, 0.05) is 0 Å². The van der Waals surface area contributed by atoms with E-state index in [-0.39, 0.29) is 5.04 Å². The largest absolute Gasteiger partial charge is 0.543 e. The van der Waals surface area contributed by atoms with Crippen LogP contribution in [0, 0.1) is 6.92 Å². The number of aryl methyl sites for hydroxylation is 1. The van der Waals surface area contributed by atoms with Crippen molar-refractivity contribution in [3.63, 3.8) is 0 Å². The number of benzene rings is 1. The van der Waals surface area contributed by atoms with Crippen LogP contribution in [0.25, 0.3) is 0 Å². The summed E-state index contributed by atoms with van der Waals surface area (Å²) in [6, 6.07) is 5.95. The van der Waals surface area contributed by atoms with Crippen LogP contribution in [0.4, 0.5) is 0 Å². The normalized spacial score (nSPS) is 12.7. The minimum Gasteiger partial charge on any atom is -0.543 e. The summed E-state index contributed by atoms with van der Waals surface area (Å²) >= 11 is 6.18. The predicted octanol–water partition coefficient (Wildman–Crippen LogP) is 5.03. The van der Waals surface area contributed by atoms with Gasteiger partial charge in [-0.2, -0.15) is 0 Å². The van der Waals surface area contributed by atoms with Crippen molar-refractivity contribution in [2.45, 2.75) is 45.8 Å². The van der Waals surface area contributed by atoms with Gasteiger partial charge in [0.2, 0.25) is 0 Å². The van der Waals surface area contributed by atoms with Crippen LogP contribution in [0.3, 0.4) is 0 Å². The first-order valence-corrected chi connectivity index (χ1v) is 8.87. The van der Waals surface area contributed by atoms with Crippen LogP contribution in [0.5, 0.6) is 5.75 Å². The molecule has 1 aromatic rings. The molecule has 0 fully saturated rings. The van der Waals surface area contributed by atoms with Gasteiger partial charge in [0.25, 0.3) is 8.32 Å².